The van der Waals surface area contributed by atoms with E-state index in [1.165, 1.54) is 11.6 Å². The second-order valence-corrected chi connectivity index (χ2v) is 11.0. The van der Waals surface area contributed by atoms with Gasteiger partial charge in [0, 0.05) is 48.6 Å². The Kier molecular flexibility index (Phi) is 5.07. The molecule has 2 aromatic heterocycles. The predicted molar refractivity (Wildman–Crippen MR) is 130 cm³/mol. The van der Waals surface area contributed by atoms with E-state index in [0.717, 1.165) is 81.0 Å². The Labute approximate surface area is 213 Å². The molecule has 2 saturated heterocycles. The van der Waals surface area contributed by atoms with Gasteiger partial charge in [0.2, 0.25) is 0 Å². The molecule has 1 aromatic carbocycles. The van der Waals surface area contributed by atoms with Gasteiger partial charge in [-0.15, -0.1) is 10.2 Å². The molecule has 1 spiro atoms. The van der Waals surface area contributed by atoms with Crippen LogP contribution >= 0.6 is 11.6 Å². The molecule has 1 atom stereocenters. The maximum absolute atomic E-state index is 13.7. The van der Waals surface area contributed by atoms with Crippen molar-refractivity contribution >= 4 is 17.4 Å². The third-order valence-corrected chi connectivity index (χ3v) is 8.45. The van der Waals surface area contributed by atoms with Crippen molar-refractivity contribution in [2.75, 3.05) is 31.2 Å². The Bertz CT molecular complexity index is 1380. The van der Waals surface area contributed by atoms with Crippen LogP contribution < -0.4 is 4.90 Å². The van der Waals surface area contributed by atoms with Gasteiger partial charge in [-0.05, 0) is 55.2 Å². The number of halogens is 2. The molecule has 5 heterocycles. The summed E-state index contributed by atoms with van der Waals surface area (Å²) >= 11 is 6.40. The lowest BCUT2D eigenvalue weighted by Gasteiger charge is -2.59. The Morgan fingerprint density at radius 2 is 2.00 bits per heavy atom. The Balaban J connectivity index is 1.12. The second kappa shape index (κ2) is 8.23. The molecule has 3 aliphatic heterocycles. The zero-order valence-electron chi connectivity index (χ0n) is 19.7. The smallest absolute Gasteiger partial charge is 0.178 e. The van der Waals surface area contributed by atoms with Crippen molar-refractivity contribution in [3.63, 3.8) is 0 Å². The molecule has 10 heteroatoms. The quantitative estimate of drug-likeness (QED) is 0.535. The summed E-state index contributed by atoms with van der Waals surface area (Å²) in [5, 5.41) is 19.2. The van der Waals surface area contributed by atoms with Gasteiger partial charge in [0.15, 0.2) is 17.3 Å². The zero-order valence-corrected chi connectivity index (χ0v) is 20.5. The minimum absolute atomic E-state index is 0.150. The third-order valence-electron chi connectivity index (χ3n) is 8.22. The van der Waals surface area contributed by atoms with Gasteiger partial charge in [0.1, 0.15) is 17.7 Å². The normalized spacial score (nSPS) is 22.9. The molecule has 8 nitrogen and oxygen atoms in total. The van der Waals surface area contributed by atoms with Crippen LogP contribution in [-0.2, 0) is 17.8 Å². The van der Waals surface area contributed by atoms with E-state index >= 15 is 0 Å². The van der Waals surface area contributed by atoms with E-state index in [9.17, 15) is 4.39 Å². The molecule has 1 saturated carbocycles. The summed E-state index contributed by atoms with van der Waals surface area (Å²) in [5.74, 6) is 2.41. The van der Waals surface area contributed by atoms with Gasteiger partial charge < -0.3 is 9.64 Å². The van der Waals surface area contributed by atoms with Crippen molar-refractivity contribution in [2.24, 2.45) is 5.41 Å². The summed E-state index contributed by atoms with van der Waals surface area (Å²) in [5.41, 5.74) is 2.36. The van der Waals surface area contributed by atoms with E-state index in [-0.39, 0.29) is 11.1 Å². The van der Waals surface area contributed by atoms with Crippen molar-refractivity contribution in [2.45, 2.75) is 44.3 Å². The van der Waals surface area contributed by atoms with Crippen LogP contribution in [0.1, 0.15) is 48.1 Å². The molecule has 7 rings (SSSR count). The lowest BCUT2D eigenvalue weighted by Crippen LogP contribution is -2.62. The molecule has 1 aliphatic carbocycles. The van der Waals surface area contributed by atoms with Gasteiger partial charge in [-0.2, -0.15) is 5.26 Å². The molecule has 3 fully saturated rings. The van der Waals surface area contributed by atoms with E-state index in [1.54, 1.807) is 6.07 Å². The number of nitrogens with zero attached hydrogens (tertiary/aromatic N) is 7. The SMILES string of the molecule is N#Cc1nc(N2CC3(CC(c4nnc5n4-c4ccc(Cl)cc4CN([C@H]4CCOC4)C5)C3)C2)ccc1F. The first kappa shape index (κ1) is 22.2. The lowest BCUT2D eigenvalue weighted by molar-refractivity contribution is 0.0581. The molecule has 4 aliphatic rings. The van der Waals surface area contributed by atoms with Gasteiger partial charge in [-0.25, -0.2) is 9.37 Å². The number of pyridine rings is 1. The average Bonchev–Trinajstić information content (AvgIpc) is 3.46. The Morgan fingerprint density at radius 3 is 2.78 bits per heavy atom. The van der Waals surface area contributed by atoms with E-state index in [1.807, 2.05) is 12.1 Å². The van der Waals surface area contributed by atoms with Crippen molar-refractivity contribution in [3.05, 3.63) is 64.1 Å². The predicted octanol–water partition coefficient (Wildman–Crippen LogP) is 3.81. The van der Waals surface area contributed by atoms with Gasteiger partial charge >= 0.3 is 0 Å². The molecular weight excluding hydrogens is 481 g/mol. The van der Waals surface area contributed by atoms with Crippen LogP contribution in [0, 0.1) is 22.6 Å². The number of hydrogen-bond donors (Lipinski definition) is 0. The summed E-state index contributed by atoms with van der Waals surface area (Å²) in [6.07, 6.45) is 3.07. The molecule has 0 N–H and O–H groups in total. The molecule has 36 heavy (non-hydrogen) atoms. The lowest BCUT2D eigenvalue weighted by atomic mass is 9.57. The van der Waals surface area contributed by atoms with Crippen LogP contribution in [0.2, 0.25) is 5.02 Å². The van der Waals surface area contributed by atoms with Crippen LogP contribution in [-0.4, -0.2) is 57.0 Å². The number of nitriles is 1. The van der Waals surface area contributed by atoms with Crippen molar-refractivity contribution < 1.29 is 9.13 Å². The average molecular weight is 506 g/mol. The highest BCUT2D eigenvalue weighted by Crippen LogP contribution is 2.56. The Hall–Kier alpha value is -3.06. The first-order chi connectivity index (χ1) is 17.5. The summed E-state index contributed by atoms with van der Waals surface area (Å²) in [7, 11) is 0. The highest BCUT2D eigenvalue weighted by Gasteiger charge is 2.54. The number of anilines is 1. The molecule has 0 bridgehead atoms. The van der Waals surface area contributed by atoms with E-state index in [4.69, 9.17) is 26.7 Å². The highest BCUT2D eigenvalue weighted by molar-refractivity contribution is 6.30. The summed E-state index contributed by atoms with van der Waals surface area (Å²) in [6.45, 7) is 4.80. The summed E-state index contributed by atoms with van der Waals surface area (Å²) in [4.78, 5) is 8.75. The first-order valence-corrected chi connectivity index (χ1v) is 12.8. The third kappa shape index (κ3) is 3.51. The van der Waals surface area contributed by atoms with Crippen LogP contribution in [0.3, 0.4) is 0 Å². The molecule has 3 aromatic rings. The first-order valence-electron chi connectivity index (χ1n) is 12.4. The maximum Gasteiger partial charge on any atom is 0.178 e. The highest BCUT2D eigenvalue weighted by atomic mass is 35.5. The second-order valence-electron chi connectivity index (χ2n) is 10.6. The monoisotopic (exact) mass is 505 g/mol. The number of aromatic nitrogens is 4. The van der Waals surface area contributed by atoms with Crippen molar-refractivity contribution in [1.82, 2.24) is 24.6 Å². The van der Waals surface area contributed by atoms with Crippen molar-refractivity contribution in [1.29, 1.82) is 5.26 Å². The summed E-state index contributed by atoms with van der Waals surface area (Å²) in [6, 6.07) is 11.3. The fraction of sp³-hybridized carbons (Fsp3) is 0.462. The minimum atomic E-state index is -0.576. The van der Waals surface area contributed by atoms with Gasteiger partial charge in [0.05, 0.1) is 18.8 Å². The topological polar surface area (TPSA) is 83.1 Å². The minimum Gasteiger partial charge on any atom is -0.380 e. The molecular formula is C26H25ClFN7O. The van der Waals surface area contributed by atoms with E-state index in [2.05, 4.69) is 36.6 Å². The van der Waals surface area contributed by atoms with Gasteiger partial charge in [0.25, 0.3) is 0 Å². The van der Waals surface area contributed by atoms with Crippen LogP contribution in [0.4, 0.5) is 10.2 Å². The van der Waals surface area contributed by atoms with E-state index < -0.39 is 5.82 Å². The van der Waals surface area contributed by atoms with Crippen molar-refractivity contribution in [3.8, 4) is 11.8 Å². The fourth-order valence-corrected chi connectivity index (χ4v) is 6.62. The Morgan fingerprint density at radius 1 is 1.14 bits per heavy atom. The zero-order chi connectivity index (χ0) is 24.4. The molecule has 0 unspecified atom stereocenters. The molecule has 0 amide bonds. The van der Waals surface area contributed by atoms with E-state index in [0.29, 0.717) is 17.8 Å². The number of ether oxygens (including phenoxy) is 1. The molecule has 184 valence electrons. The van der Waals surface area contributed by atoms with Gasteiger partial charge in [-0.1, -0.05) is 11.6 Å². The maximum atomic E-state index is 13.7. The van der Waals surface area contributed by atoms with Crippen LogP contribution in [0.5, 0.6) is 0 Å². The fourth-order valence-electron chi connectivity index (χ4n) is 6.42. The summed E-state index contributed by atoms with van der Waals surface area (Å²) < 4.78 is 21.6. The number of benzene rings is 1. The standard InChI is InChI=1S/C26H25ClFN7O/c27-18-1-3-22-16(7-18)11-33(19-5-6-36-13-19)12-24-31-32-25(35(22)24)17-8-26(9-17)14-34(15-26)23-4-2-20(28)21(10-29)30-23/h1-4,7,17,19H,5-6,8-9,11-15H2/t19-/m0/s1. The largest absolute Gasteiger partial charge is 0.380 e. The molecule has 0 radical (unpaired) electrons. The number of fused-ring (bicyclic) bond motifs is 3. The van der Waals surface area contributed by atoms with Gasteiger partial charge in [-0.3, -0.25) is 9.47 Å². The van der Waals surface area contributed by atoms with Crippen LogP contribution in [0.25, 0.3) is 5.69 Å². The number of rotatable bonds is 3. The van der Waals surface area contributed by atoms with Crippen LogP contribution in [0.15, 0.2) is 30.3 Å². The number of hydrogen-bond acceptors (Lipinski definition) is 7.